The molecule has 0 heterocycles. The highest BCUT2D eigenvalue weighted by Crippen LogP contribution is 2.31. The SMILES string of the molecule is CC.CCOc1cc(/C=C(/SC=S)C(N)=O)ccc1OCc1ccc(Cl)c(Cl)c1. The molecule has 0 aliphatic rings. The highest BCUT2D eigenvalue weighted by molar-refractivity contribution is 8.24. The molecule has 1 amide bonds. The number of rotatable bonds is 9. The van der Waals surface area contributed by atoms with Crippen molar-refractivity contribution < 1.29 is 14.3 Å². The molecular formula is C21H23Cl2NO3S2. The number of hydrogen-bond donors (Lipinski definition) is 1. The average Bonchev–Trinajstić information content (AvgIpc) is 2.71. The topological polar surface area (TPSA) is 61.5 Å². The van der Waals surface area contributed by atoms with Crippen molar-refractivity contribution >= 4 is 63.9 Å². The first-order valence-electron chi connectivity index (χ1n) is 8.90. The van der Waals surface area contributed by atoms with Gasteiger partial charge in [0.05, 0.1) is 21.6 Å². The normalized spacial score (nSPS) is 10.6. The summed E-state index contributed by atoms with van der Waals surface area (Å²) >= 11 is 17.8. The molecule has 0 spiro atoms. The molecule has 0 saturated heterocycles. The molecular weight excluding hydrogens is 449 g/mol. The standard InChI is InChI=1S/C19H17Cl2NO3S2.C2H6/c1-2-24-17-8-12(9-18(19(22)23)27-11-26)4-6-16(17)25-10-13-3-5-14(20)15(21)7-13;1-2/h3-9,11H,2,10H2,1H3,(H2,22,23);1-2H3/b18-9+;. The van der Waals surface area contributed by atoms with Crippen LogP contribution in [0.25, 0.3) is 6.08 Å². The summed E-state index contributed by atoms with van der Waals surface area (Å²) in [7, 11) is 0. The summed E-state index contributed by atoms with van der Waals surface area (Å²) in [6, 6.07) is 10.7. The predicted octanol–water partition coefficient (Wildman–Crippen LogP) is 6.51. The van der Waals surface area contributed by atoms with Crippen LogP contribution in [0.5, 0.6) is 11.5 Å². The Morgan fingerprint density at radius 3 is 2.41 bits per heavy atom. The Morgan fingerprint density at radius 1 is 1.10 bits per heavy atom. The first kappa shape index (κ1) is 25.3. The highest BCUT2D eigenvalue weighted by Gasteiger charge is 2.10. The summed E-state index contributed by atoms with van der Waals surface area (Å²) in [4.78, 5) is 11.8. The molecule has 4 nitrogen and oxygen atoms in total. The maximum atomic E-state index is 11.5. The zero-order valence-electron chi connectivity index (χ0n) is 16.4. The Labute approximate surface area is 191 Å². The van der Waals surface area contributed by atoms with Crippen LogP contribution < -0.4 is 15.2 Å². The molecule has 2 rings (SSSR count). The van der Waals surface area contributed by atoms with Gasteiger partial charge in [-0.1, -0.05) is 73.2 Å². The fraction of sp³-hybridized carbons (Fsp3) is 0.238. The number of thiocarbonyl (C=S) groups is 1. The number of nitrogens with two attached hydrogens (primary N) is 1. The molecule has 8 heteroatoms. The van der Waals surface area contributed by atoms with E-state index in [0.29, 0.717) is 39.7 Å². The van der Waals surface area contributed by atoms with Crippen LogP contribution in [0.15, 0.2) is 41.3 Å². The maximum Gasteiger partial charge on any atom is 0.255 e. The zero-order chi connectivity index (χ0) is 21.8. The van der Waals surface area contributed by atoms with E-state index in [4.69, 9.17) is 50.6 Å². The molecule has 2 aromatic carbocycles. The summed E-state index contributed by atoms with van der Waals surface area (Å²) in [5.41, 5.74) is 6.99. The van der Waals surface area contributed by atoms with Gasteiger partial charge in [0.2, 0.25) is 0 Å². The zero-order valence-corrected chi connectivity index (χ0v) is 19.6. The summed E-state index contributed by atoms with van der Waals surface area (Å²) < 4.78 is 12.9. The minimum absolute atomic E-state index is 0.305. The van der Waals surface area contributed by atoms with E-state index < -0.39 is 5.91 Å². The van der Waals surface area contributed by atoms with Crippen LogP contribution in [0.1, 0.15) is 31.9 Å². The molecule has 0 saturated carbocycles. The predicted molar refractivity (Wildman–Crippen MR) is 128 cm³/mol. The minimum Gasteiger partial charge on any atom is -0.490 e. The van der Waals surface area contributed by atoms with Crippen LogP contribution >= 0.6 is 47.2 Å². The van der Waals surface area contributed by atoms with E-state index in [9.17, 15) is 4.79 Å². The summed E-state index contributed by atoms with van der Waals surface area (Å²) in [5.74, 6) is 0.588. The Kier molecular flexibility index (Phi) is 11.8. The van der Waals surface area contributed by atoms with Gasteiger partial charge in [-0.3, -0.25) is 4.79 Å². The van der Waals surface area contributed by atoms with Gasteiger partial charge in [-0.25, -0.2) is 0 Å². The van der Waals surface area contributed by atoms with Gasteiger partial charge >= 0.3 is 0 Å². The average molecular weight is 472 g/mol. The molecule has 0 atom stereocenters. The van der Waals surface area contributed by atoms with E-state index in [-0.39, 0.29) is 0 Å². The van der Waals surface area contributed by atoms with Gasteiger partial charge in [-0.15, -0.1) is 0 Å². The van der Waals surface area contributed by atoms with Crippen molar-refractivity contribution in [1.29, 1.82) is 0 Å². The lowest BCUT2D eigenvalue weighted by Gasteiger charge is -2.13. The van der Waals surface area contributed by atoms with Crippen LogP contribution in [0.4, 0.5) is 0 Å². The third-order valence-corrected chi connectivity index (χ3v) is 5.06. The molecule has 2 aromatic rings. The van der Waals surface area contributed by atoms with Gasteiger partial charge in [-0.2, -0.15) is 0 Å². The molecule has 0 aromatic heterocycles. The number of halogens is 2. The molecule has 2 N–H and O–H groups in total. The molecule has 0 aliphatic carbocycles. The number of thioether (sulfide) groups is 1. The van der Waals surface area contributed by atoms with Crippen molar-refractivity contribution in [3.05, 3.63) is 62.5 Å². The second kappa shape index (κ2) is 13.5. The molecule has 0 unspecified atom stereocenters. The third kappa shape index (κ3) is 8.26. The fourth-order valence-corrected chi connectivity index (χ4v) is 3.21. The van der Waals surface area contributed by atoms with E-state index in [2.05, 4.69) is 0 Å². The van der Waals surface area contributed by atoms with Crippen LogP contribution in [0.3, 0.4) is 0 Å². The minimum atomic E-state index is -0.543. The second-order valence-electron chi connectivity index (χ2n) is 5.26. The fourth-order valence-electron chi connectivity index (χ4n) is 2.16. The first-order valence-corrected chi connectivity index (χ1v) is 11.0. The van der Waals surface area contributed by atoms with Gasteiger partial charge in [0.15, 0.2) is 11.5 Å². The molecule has 156 valence electrons. The number of hydrogen-bond acceptors (Lipinski definition) is 5. The Bertz CT molecular complexity index is 873. The molecule has 0 bridgehead atoms. The summed E-state index contributed by atoms with van der Waals surface area (Å²) in [5, 5.41) is 0.962. The van der Waals surface area contributed by atoms with Gasteiger partial charge in [0.25, 0.3) is 5.91 Å². The smallest absolute Gasteiger partial charge is 0.255 e. The quantitative estimate of drug-likeness (QED) is 0.333. The molecule has 0 fully saturated rings. The lowest BCUT2D eigenvalue weighted by Crippen LogP contribution is -2.11. The van der Waals surface area contributed by atoms with Crippen molar-refractivity contribution in [1.82, 2.24) is 0 Å². The van der Waals surface area contributed by atoms with Crippen molar-refractivity contribution in [2.75, 3.05) is 6.61 Å². The molecule has 29 heavy (non-hydrogen) atoms. The van der Waals surface area contributed by atoms with Gasteiger partial charge in [0.1, 0.15) is 6.61 Å². The Morgan fingerprint density at radius 2 is 1.83 bits per heavy atom. The van der Waals surface area contributed by atoms with Gasteiger partial charge in [-0.05, 0) is 48.4 Å². The molecule has 0 radical (unpaired) electrons. The molecule has 0 aliphatic heterocycles. The Hall–Kier alpha value is -1.73. The number of amides is 1. The van der Waals surface area contributed by atoms with Crippen molar-refractivity contribution in [2.45, 2.75) is 27.4 Å². The lowest BCUT2D eigenvalue weighted by atomic mass is 10.2. The monoisotopic (exact) mass is 471 g/mol. The van der Waals surface area contributed by atoms with E-state index in [1.165, 1.54) is 4.70 Å². The van der Waals surface area contributed by atoms with Gasteiger partial charge in [0, 0.05) is 4.70 Å². The van der Waals surface area contributed by atoms with Crippen LogP contribution in [-0.4, -0.2) is 17.2 Å². The summed E-state index contributed by atoms with van der Waals surface area (Å²) in [6.07, 6.45) is 1.65. The lowest BCUT2D eigenvalue weighted by molar-refractivity contribution is -0.113. The summed E-state index contributed by atoms with van der Waals surface area (Å²) in [6.45, 7) is 6.65. The largest absolute Gasteiger partial charge is 0.490 e. The van der Waals surface area contributed by atoms with E-state index in [1.807, 2.05) is 26.8 Å². The highest BCUT2D eigenvalue weighted by atomic mass is 35.5. The van der Waals surface area contributed by atoms with Crippen molar-refractivity contribution in [2.24, 2.45) is 5.73 Å². The maximum absolute atomic E-state index is 11.5. The Balaban J connectivity index is 0.00000204. The van der Waals surface area contributed by atoms with Crippen molar-refractivity contribution in [3.63, 3.8) is 0 Å². The first-order chi connectivity index (χ1) is 13.9. The third-order valence-electron chi connectivity index (χ3n) is 3.36. The number of ether oxygens (including phenoxy) is 2. The van der Waals surface area contributed by atoms with Crippen LogP contribution in [0, 0.1) is 0 Å². The number of benzene rings is 2. The van der Waals surface area contributed by atoms with Gasteiger partial charge < -0.3 is 15.2 Å². The van der Waals surface area contributed by atoms with E-state index >= 15 is 0 Å². The number of primary amides is 1. The van der Waals surface area contributed by atoms with E-state index in [1.54, 1.807) is 36.4 Å². The van der Waals surface area contributed by atoms with Crippen molar-refractivity contribution in [3.8, 4) is 11.5 Å². The van der Waals surface area contributed by atoms with Crippen LogP contribution in [-0.2, 0) is 11.4 Å². The number of carbonyl (C=O) groups excluding carboxylic acids is 1. The number of carbonyl (C=O) groups is 1. The van der Waals surface area contributed by atoms with Crippen LogP contribution in [0.2, 0.25) is 10.0 Å². The second-order valence-corrected chi connectivity index (χ2v) is 7.52. The van der Waals surface area contributed by atoms with E-state index in [0.717, 1.165) is 22.9 Å².